The summed E-state index contributed by atoms with van der Waals surface area (Å²) in [5.41, 5.74) is 0.578. The molecule has 1 saturated heterocycles. The Morgan fingerprint density at radius 1 is 1.10 bits per heavy atom. The van der Waals surface area contributed by atoms with Crippen LogP contribution < -0.4 is 19.5 Å². The summed E-state index contributed by atoms with van der Waals surface area (Å²) in [7, 11) is -0.839. The third kappa shape index (κ3) is 5.11. The van der Waals surface area contributed by atoms with Gasteiger partial charge in [-0.2, -0.15) is 4.31 Å². The van der Waals surface area contributed by atoms with E-state index in [9.17, 15) is 13.2 Å². The molecule has 1 aliphatic rings. The number of methoxy groups -OCH3 is 2. The number of nitrogens with one attached hydrogen (secondary N) is 1. The first-order valence-electron chi connectivity index (χ1n) is 10.2. The van der Waals surface area contributed by atoms with Crippen LogP contribution in [0, 0.1) is 5.92 Å². The van der Waals surface area contributed by atoms with Gasteiger partial charge in [0.05, 0.1) is 37.3 Å². The Labute approximate surface area is 183 Å². The van der Waals surface area contributed by atoms with E-state index >= 15 is 0 Å². The molecule has 8 nitrogen and oxygen atoms in total. The lowest BCUT2D eigenvalue weighted by Crippen LogP contribution is -2.43. The highest BCUT2D eigenvalue weighted by molar-refractivity contribution is 7.89. The van der Waals surface area contributed by atoms with E-state index in [0.717, 1.165) is 0 Å². The summed E-state index contributed by atoms with van der Waals surface area (Å²) >= 11 is 0. The van der Waals surface area contributed by atoms with E-state index in [1.807, 2.05) is 19.1 Å². The molecule has 3 rings (SSSR count). The number of para-hydroxylation sites is 2. The van der Waals surface area contributed by atoms with Crippen LogP contribution in [0.25, 0.3) is 0 Å². The number of sulfonamides is 1. The molecule has 0 spiro atoms. The molecule has 1 aliphatic heterocycles. The average Bonchev–Trinajstić information content (AvgIpc) is 2.80. The highest BCUT2D eigenvalue weighted by Crippen LogP contribution is 2.32. The van der Waals surface area contributed by atoms with Crippen LogP contribution in [0.2, 0.25) is 0 Å². The van der Waals surface area contributed by atoms with Crippen LogP contribution in [0.4, 0.5) is 5.69 Å². The molecule has 1 fully saturated rings. The van der Waals surface area contributed by atoms with Crippen LogP contribution >= 0.6 is 0 Å². The van der Waals surface area contributed by atoms with E-state index in [2.05, 4.69) is 5.32 Å². The lowest BCUT2D eigenvalue weighted by atomic mass is 9.98. The summed E-state index contributed by atoms with van der Waals surface area (Å²) in [5.74, 6) is 0.689. The third-order valence-corrected chi connectivity index (χ3v) is 7.05. The zero-order valence-corrected chi connectivity index (χ0v) is 18.8. The van der Waals surface area contributed by atoms with Crippen molar-refractivity contribution < 1.29 is 27.4 Å². The van der Waals surface area contributed by atoms with Crippen molar-refractivity contribution in [1.29, 1.82) is 0 Å². The Kier molecular flexibility index (Phi) is 7.40. The van der Waals surface area contributed by atoms with Crippen LogP contribution in [0.5, 0.6) is 17.2 Å². The molecule has 2 aromatic rings. The van der Waals surface area contributed by atoms with Gasteiger partial charge < -0.3 is 19.5 Å². The van der Waals surface area contributed by atoms with Crippen LogP contribution in [-0.4, -0.2) is 52.5 Å². The standard InChI is InChI=1S/C22H28N2O6S/c1-4-30-19-10-6-5-9-18(19)23-22(25)16-8-7-13-24(15-16)31(26,27)17-11-12-20(28-2)21(14-17)29-3/h5-6,9-12,14,16H,4,7-8,13,15H2,1-3H3,(H,23,25)/t16-/m1/s1. The molecule has 0 bridgehead atoms. The lowest BCUT2D eigenvalue weighted by molar-refractivity contribution is -0.120. The minimum atomic E-state index is -3.78. The molecule has 2 aromatic carbocycles. The highest BCUT2D eigenvalue weighted by Gasteiger charge is 2.34. The van der Waals surface area contributed by atoms with Crippen LogP contribution in [0.3, 0.4) is 0 Å². The molecule has 9 heteroatoms. The SMILES string of the molecule is CCOc1ccccc1NC(=O)[C@@H]1CCCN(S(=O)(=O)c2ccc(OC)c(OC)c2)C1. The minimum absolute atomic E-state index is 0.105. The maximum absolute atomic E-state index is 13.2. The highest BCUT2D eigenvalue weighted by atomic mass is 32.2. The van der Waals surface area contributed by atoms with Gasteiger partial charge in [0.25, 0.3) is 0 Å². The molecular formula is C22H28N2O6S. The molecule has 31 heavy (non-hydrogen) atoms. The Hall–Kier alpha value is -2.78. The minimum Gasteiger partial charge on any atom is -0.493 e. The second kappa shape index (κ2) is 10.0. The largest absolute Gasteiger partial charge is 0.493 e. The van der Waals surface area contributed by atoms with Gasteiger partial charge in [-0.3, -0.25) is 4.79 Å². The number of hydrogen-bond acceptors (Lipinski definition) is 6. The van der Waals surface area contributed by atoms with Gasteiger partial charge in [0.2, 0.25) is 15.9 Å². The number of benzene rings is 2. The first-order valence-corrected chi connectivity index (χ1v) is 11.6. The molecular weight excluding hydrogens is 420 g/mol. The van der Waals surface area contributed by atoms with E-state index in [1.54, 1.807) is 18.2 Å². The van der Waals surface area contributed by atoms with E-state index in [4.69, 9.17) is 14.2 Å². The normalized spacial score (nSPS) is 17.1. The van der Waals surface area contributed by atoms with Gasteiger partial charge in [-0.1, -0.05) is 12.1 Å². The number of rotatable bonds is 8. The van der Waals surface area contributed by atoms with Crippen LogP contribution in [0.15, 0.2) is 47.4 Å². The number of piperidine rings is 1. The number of carbonyl (C=O) groups is 1. The zero-order valence-electron chi connectivity index (χ0n) is 18.0. The van der Waals surface area contributed by atoms with Gasteiger partial charge in [-0.15, -0.1) is 0 Å². The fourth-order valence-electron chi connectivity index (χ4n) is 3.59. The molecule has 1 amide bonds. The number of anilines is 1. The number of amides is 1. The molecule has 1 heterocycles. The van der Waals surface area contributed by atoms with Crippen molar-refractivity contribution in [1.82, 2.24) is 4.31 Å². The average molecular weight is 449 g/mol. The molecule has 0 saturated carbocycles. The van der Waals surface area contributed by atoms with Gasteiger partial charge in [-0.05, 0) is 44.0 Å². The second-order valence-electron chi connectivity index (χ2n) is 7.14. The lowest BCUT2D eigenvalue weighted by Gasteiger charge is -2.31. The molecule has 0 unspecified atom stereocenters. The van der Waals surface area contributed by atoms with Gasteiger partial charge >= 0.3 is 0 Å². The Morgan fingerprint density at radius 2 is 1.84 bits per heavy atom. The molecule has 0 aromatic heterocycles. The molecule has 1 atom stereocenters. The maximum Gasteiger partial charge on any atom is 0.243 e. The van der Waals surface area contributed by atoms with Crippen molar-refractivity contribution in [3.8, 4) is 17.2 Å². The molecule has 0 aliphatic carbocycles. The predicted molar refractivity (Wildman–Crippen MR) is 117 cm³/mol. The smallest absolute Gasteiger partial charge is 0.243 e. The Morgan fingerprint density at radius 3 is 2.55 bits per heavy atom. The molecule has 0 radical (unpaired) electrons. The van der Waals surface area contributed by atoms with E-state index in [-0.39, 0.29) is 17.3 Å². The van der Waals surface area contributed by atoms with E-state index < -0.39 is 15.9 Å². The van der Waals surface area contributed by atoms with Crippen molar-refractivity contribution >= 4 is 21.6 Å². The maximum atomic E-state index is 13.2. The monoisotopic (exact) mass is 448 g/mol. The second-order valence-corrected chi connectivity index (χ2v) is 9.08. The Bertz CT molecular complexity index is 1020. The summed E-state index contributed by atoms with van der Waals surface area (Å²) in [6.45, 7) is 2.82. The van der Waals surface area contributed by atoms with Crippen LogP contribution in [0.1, 0.15) is 19.8 Å². The zero-order chi connectivity index (χ0) is 22.4. The summed E-state index contributed by atoms with van der Waals surface area (Å²) < 4.78 is 43.7. The molecule has 1 N–H and O–H groups in total. The topological polar surface area (TPSA) is 94.2 Å². The summed E-state index contributed by atoms with van der Waals surface area (Å²) in [4.78, 5) is 13.0. The number of nitrogens with zero attached hydrogens (tertiary/aromatic N) is 1. The number of hydrogen-bond donors (Lipinski definition) is 1. The number of ether oxygens (including phenoxy) is 3. The first kappa shape index (κ1) is 22.9. The fourth-order valence-corrected chi connectivity index (χ4v) is 5.13. The van der Waals surface area contributed by atoms with Crippen molar-refractivity contribution in [2.75, 3.05) is 39.2 Å². The van der Waals surface area contributed by atoms with Crippen LogP contribution in [-0.2, 0) is 14.8 Å². The van der Waals surface area contributed by atoms with E-state index in [0.29, 0.717) is 48.9 Å². The summed E-state index contributed by atoms with van der Waals surface area (Å²) in [5, 5.41) is 2.89. The predicted octanol–water partition coefficient (Wildman–Crippen LogP) is 3.14. The first-order chi connectivity index (χ1) is 14.9. The third-order valence-electron chi connectivity index (χ3n) is 5.19. The fraction of sp³-hybridized carbons (Fsp3) is 0.409. The quantitative estimate of drug-likeness (QED) is 0.667. The van der Waals surface area contributed by atoms with Crippen molar-refractivity contribution in [2.45, 2.75) is 24.7 Å². The van der Waals surface area contributed by atoms with Crippen molar-refractivity contribution in [3.05, 3.63) is 42.5 Å². The van der Waals surface area contributed by atoms with Gasteiger partial charge in [-0.25, -0.2) is 8.42 Å². The van der Waals surface area contributed by atoms with E-state index in [1.165, 1.54) is 30.7 Å². The summed E-state index contributed by atoms with van der Waals surface area (Å²) in [6.07, 6.45) is 1.21. The van der Waals surface area contributed by atoms with Gasteiger partial charge in [0.15, 0.2) is 11.5 Å². The number of carbonyl (C=O) groups excluding carboxylic acids is 1. The summed E-state index contributed by atoms with van der Waals surface area (Å²) in [6, 6.07) is 11.7. The Balaban J connectivity index is 1.76. The van der Waals surface area contributed by atoms with Gasteiger partial charge in [0, 0.05) is 19.2 Å². The molecule has 168 valence electrons. The van der Waals surface area contributed by atoms with Crippen molar-refractivity contribution in [2.24, 2.45) is 5.92 Å². The van der Waals surface area contributed by atoms with Gasteiger partial charge in [0.1, 0.15) is 5.75 Å². The van der Waals surface area contributed by atoms with Crippen molar-refractivity contribution in [3.63, 3.8) is 0 Å².